The minimum Gasteiger partial charge on any atom is -0.332 e. The van der Waals surface area contributed by atoms with Gasteiger partial charge in [0.2, 0.25) is 5.96 Å². The van der Waals surface area contributed by atoms with Crippen LogP contribution < -0.4 is 16.4 Å². The molecule has 0 amide bonds. The Hall–Kier alpha value is -2.08. The van der Waals surface area contributed by atoms with E-state index in [9.17, 15) is 21.6 Å². The van der Waals surface area contributed by atoms with Crippen LogP contribution in [-0.4, -0.2) is 41.7 Å². The number of rotatable bonds is 2. The van der Waals surface area contributed by atoms with Crippen LogP contribution in [0.5, 0.6) is 0 Å². The van der Waals surface area contributed by atoms with Gasteiger partial charge in [0.25, 0.3) is 10.0 Å². The van der Waals surface area contributed by atoms with Crippen molar-refractivity contribution in [1.82, 2.24) is 14.5 Å². The van der Waals surface area contributed by atoms with Gasteiger partial charge in [-0.05, 0) is 13.8 Å². The summed E-state index contributed by atoms with van der Waals surface area (Å²) in [6.07, 6.45) is -1.71. The number of anilines is 1. The fraction of sp³-hybridized carbons (Fsp3) is 0.455. The van der Waals surface area contributed by atoms with Crippen molar-refractivity contribution in [3.05, 3.63) is 23.7 Å². The monoisotopic (exact) mass is 352 g/mol. The van der Waals surface area contributed by atoms with Crippen molar-refractivity contribution in [2.24, 2.45) is 10.7 Å². The molecule has 0 saturated carbocycles. The zero-order chi connectivity index (χ0) is 17.6. The molecule has 12 heteroatoms. The Balaban J connectivity index is 2.28. The Kier molecular flexibility index (Phi) is 3.93. The predicted molar refractivity (Wildman–Crippen MR) is 78.1 cm³/mol. The summed E-state index contributed by atoms with van der Waals surface area (Å²) in [4.78, 5) is 3.77. The molecule has 0 bridgehead atoms. The molecule has 2 rings (SSSR count). The number of aromatic nitrogens is 2. The van der Waals surface area contributed by atoms with Crippen LogP contribution in [0, 0.1) is 6.92 Å². The summed E-state index contributed by atoms with van der Waals surface area (Å²) in [5, 5.41) is 8.71. The molecule has 1 aromatic heterocycles. The third-order valence-electron chi connectivity index (χ3n) is 3.08. The summed E-state index contributed by atoms with van der Waals surface area (Å²) in [6, 6.07) is 0. The van der Waals surface area contributed by atoms with E-state index >= 15 is 0 Å². The fourth-order valence-corrected chi connectivity index (χ4v) is 2.84. The molecule has 4 N–H and O–H groups in total. The van der Waals surface area contributed by atoms with E-state index in [0.717, 1.165) is 17.3 Å². The van der Waals surface area contributed by atoms with Gasteiger partial charge in [0.05, 0.1) is 29.4 Å². The molecule has 2 heterocycles. The first-order valence-electron chi connectivity index (χ1n) is 6.27. The highest BCUT2D eigenvalue weighted by atomic mass is 32.2. The molecule has 1 unspecified atom stereocenters. The lowest BCUT2D eigenvalue weighted by Crippen LogP contribution is -2.49. The highest BCUT2D eigenvalue weighted by molar-refractivity contribution is 7.89. The van der Waals surface area contributed by atoms with Gasteiger partial charge in [-0.2, -0.15) is 22.4 Å². The third kappa shape index (κ3) is 3.47. The number of hydrogen-bond donors (Lipinski definition) is 3. The summed E-state index contributed by atoms with van der Waals surface area (Å²) >= 11 is 0. The van der Waals surface area contributed by atoms with Crippen LogP contribution in [0.4, 0.5) is 18.9 Å². The van der Waals surface area contributed by atoms with Crippen molar-refractivity contribution in [2.45, 2.75) is 25.7 Å². The molecule has 0 fully saturated rings. The van der Waals surface area contributed by atoms with Gasteiger partial charge in [-0.25, -0.2) is 13.4 Å². The molecular formula is C11H15F3N6O2S. The van der Waals surface area contributed by atoms with Crippen molar-refractivity contribution in [2.75, 3.05) is 11.6 Å². The maximum absolute atomic E-state index is 12.8. The molecule has 0 radical (unpaired) electrons. The van der Waals surface area contributed by atoms with E-state index in [-0.39, 0.29) is 17.3 Å². The number of alkyl halides is 3. The second kappa shape index (κ2) is 5.23. The molecular weight excluding hydrogens is 337 g/mol. The number of guanidine groups is 1. The van der Waals surface area contributed by atoms with Gasteiger partial charge in [0.15, 0.2) is 0 Å². The van der Waals surface area contributed by atoms with Crippen molar-refractivity contribution >= 4 is 21.7 Å². The molecule has 8 nitrogen and oxygen atoms in total. The van der Waals surface area contributed by atoms with Crippen molar-refractivity contribution in [3.8, 4) is 0 Å². The van der Waals surface area contributed by atoms with Gasteiger partial charge >= 0.3 is 6.18 Å². The first kappa shape index (κ1) is 17.3. The highest BCUT2D eigenvalue weighted by Crippen LogP contribution is 2.34. The van der Waals surface area contributed by atoms with E-state index in [2.05, 4.69) is 20.7 Å². The third-order valence-corrected chi connectivity index (χ3v) is 4.08. The molecule has 1 aliphatic rings. The van der Waals surface area contributed by atoms with Crippen molar-refractivity contribution in [1.29, 1.82) is 0 Å². The minimum absolute atomic E-state index is 0.0563. The summed E-state index contributed by atoms with van der Waals surface area (Å²) in [7, 11) is -3.58. The van der Waals surface area contributed by atoms with Crippen LogP contribution >= 0.6 is 0 Å². The first-order chi connectivity index (χ1) is 10.3. The lowest BCUT2D eigenvalue weighted by Gasteiger charge is -2.30. The van der Waals surface area contributed by atoms with Crippen LogP contribution in [0.15, 0.2) is 23.0 Å². The number of halogens is 3. The standard InChI is InChI=1S/C11H15F3N6O2S/c1-6-7(4-17-20(6)23(3,21)22)18-9-16-5-8(11(12,13)14)10(2,15)19-9/h4-5H,15H2,1-3H3,(H2,16,18,19). The van der Waals surface area contributed by atoms with E-state index < -0.39 is 27.4 Å². The van der Waals surface area contributed by atoms with Gasteiger partial charge in [-0.3, -0.25) is 0 Å². The SMILES string of the molecule is Cc1c(NC2=NC(C)(N)C(C(F)(F)F)=CN2)cnn1S(C)(=O)=O. The first-order valence-corrected chi connectivity index (χ1v) is 8.12. The largest absolute Gasteiger partial charge is 0.417 e. The lowest BCUT2D eigenvalue weighted by molar-refractivity contribution is -0.100. The van der Waals surface area contributed by atoms with Gasteiger partial charge in [0, 0.05) is 6.20 Å². The average molecular weight is 352 g/mol. The number of hydrogen-bond acceptors (Lipinski definition) is 7. The molecule has 1 aromatic rings. The molecule has 128 valence electrons. The zero-order valence-corrected chi connectivity index (χ0v) is 13.2. The van der Waals surface area contributed by atoms with E-state index in [1.54, 1.807) is 0 Å². The van der Waals surface area contributed by atoms with Gasteiger partial charge in [-0.15, -0.1) is 0 Å². The Morgan fingerprint density at radius 2 is 2.04 bits per heavy atom. The molecule has 0 aliphatic carbocycles. The Labute approximate surface area is 130 Å². The van der Waals surface area contributed by atoms with E-state index in [4.69, 9.17) is 5.73 Å². The zero-order valence-electron chi connectivity index (χ0n) is 12.4. The Bertz CT molecular complexity index is 791. The number of nitrogens with one attached hydrogen (secondary N) is 2. The number of aliphatic imine (C=N–C) groups is 1. The predicted octanol–water partition coefficient (Wildman–Crippen LogP) is 0.491. The van der Waals surface area contributed by atoms with E-state index in [1.807, 2.05) is 0 Å². The van der Waals surface area contributed by atoms with Crippen LogP contribution in [0.2, 0.25) is 0 Å². The van der Waals surface area contributed by atoms with Gasteiger partial charge < -0.3 is 16.4 Å². The molecule has 23 heavy (non-hydrogen) atoms. The Morgan fingerprint density at radius 1 is 1.43 bits per heavy atom. The van der Waals surface area contributed by atoms with Crippen LogP contribution in [0.3, 0.4) is 0 Å². The molecule has 1 aliphatic heterocycles. The van der Waals surface area contributed by atoms with E-state index in [0.29, 0.717) is 6.20 Å². The van der Waals surface area contributed by atoms with E-state index in [1.165, 1.54) is 13.1 Å². The number of nitrogens with two attached hydrogens (primary N) is 1. The Morgan fingerprint density at radius 3 is 2.48 bits per heavy atom. The maximum Gasteiger partial charge on any atom is 0.417 e. The highest BCUT2D eigenvalue weighted by Gasteiger charge is 2.45. The van der Waals surface area contributed by atoms with Crippen molar-refractivity contribution in [3.63, 3.8) is 0 Å². The molecule has 0 aromatic carbocycles. The quantitative estimate of drug-likeness (QED) is 0.714. The fourth-order valence-electron chi connectivity index (χ4n) is 2.02. The smallest absolute Gasteiger partial charge is 0.332 e. The molecule has 0 saturated heterocycles. The second-order valence-electron chi connectivity index (χ2n) is 5.18. The normalized spacial score (nSPS) is 22.2. The average Bonchev–Trinajstić information content (AvgIpc) is 2.67. The van der Waals surface area contributed by atoms with Crippen LogP contribution in [-0.2, 0) is 10.0 Å². The summed E-state index contributed by atoms with van der Waals surface area (Å²) in [6.45, 7) is 2.60. The topological polar surface area (TPSA) is 114 Å². The lowest BCUT2D eigenvalue weighted by atomic mass is 10.0. The summed E-state index contributed by atoms with van der Waals surface area (Å²) in [5.41, 5.74) is 3.10. The van der Waals surface area contributed by atoms with Crippen LogP contribution in [0.25, 0.3) is 0 Å². The minimum atomic E-state index is -4.62. The summed E-state index contributed by atoms with van der Waals surface area (Å²) < 4.78 is 62.3. The number of nitrogens with zero attached hydrogens (tertiary/aromatic N) is 3. The maximum atomic E-state index is 12.8. The second-order valence-corrected chi connectivity index (χ2v) is 6.99. The molecule has 1 atom stereocenters. The van der Waals surface area contributed by atoms with Crippen LogP contribution in [0.1, 0.15) is 12.6 Å². The van der Waals surface area contributed by atoms with Gasteiger partial charge in [-0.1, -0.05) is 0 Å². The summed E-state index contributed by atoms with van der Waals surface area (Å²) in [5.74, 6) is -0.0563. The van der Waals surface area contributed by atoms with Gasteiger partial charge in [0.1, 0.15) is 5.66 Å². The van der Waals surface area contributed by atoms with Crippen molar-refractivity contribution < 1.29 is 21.6 Å². The molecule has 0 spiro atoms.